The lowest BCUT2D eigenvalue weighted by Gasteiger charge is -2.34. The summed E-state index contributed by atoms with van der Waals surface area (Å²) in [6.07, 6.45) is 7.86. The predicted molar refractivity (Wildman–Crippen MR) is 110 cm³/mol. The second-order valence-electron chi connectivity index (χ2n) is 7.77. The van der Waals surface area contributed by atoms with E-state index in [1.807, 2.05) is 16.9 Å². The number of aromatic nitrogens is 2. The lowest BCUT2D eigenvalue weighted by molar-refractivity contribution is 0.142. The highest BCUT2D eigenvalue weighted by Gasteiger charge is 2.21. The van der Waals surface area contributed by atoms with Crippen LogP contribution in [-0.2, 0) is 19.5 Å². The highest BCUT2D eigenvalue weighted by Crippen LogP contribution is 2.21. The Hall–Kier alpha value is -1.85. The SMILES string of the molecule is CCn1cc(CN(C)C[C@H]2CCCN(CCc3ccccc3OC)C2)cn1. The third kappa shape index (κ3) is 5.81. The Morgan fingerprint density at radius 1 is 1.30 bits per heavy atom. The number of ether oxygens (including phenoxy) is 1. The van der Waals surface area contributed by atoms with E-state index in [-0.39, 0.29) is 0 Å². The van der Waals surface area contributed by atoms with Gasteiger partial charge in [-0.1, -0.05) is 18.2 Å². The molecule has 0 N–H and O–H groups in total. The molecular weight excluding hydrogens is 336 g/mol. The molecule has 0 bridgehead atoms. The van der Waals surface area contributed by atoms with Crippen LogP contribution in [0.5, 0.6) is 5.75 Å². The third-order valence-electron chi connectivity index (χ3n) is 5.53. The van der Waals surface area contributed by atoms with Crippen molar-refractivity contribution in [3.05, 3.63) is 47.8 Å². The third-order valence-corrected chi connectivity index (χ3v) is 5.53. The minimum Gasteiger partial charge on any atom is -0.496 e. The van der Waals surface area contributed by atoms with Crippen molar-refractivity contribution in [2.45, 2.75) is 39.3 Å². The summed E-state index contributed by atoms with van der Waals surface area (Å²) in [7, 11) is 3.99. The minimum atomic E-state index is 0.752. The van der Waals surface area contributed by atoms with Gasteiger partial charge in [0.05, 0.1) is 13.3 Å². The summed E-state index contributed by atoms with van der Waals surface area (Å²) in [6.45, 7) is 8.74. The highest BCUT2D eigenvalue weighted by atomic mass is 16.5. The maximum atomic E-state index is 5.49. The quantitative estimate of drug-likeness (QED) is 0.678. The Balaban J connectivity index is 1.45. The fourth-order valence-electron chi connectivity index (χ4n) is 4.17. The minimum absolute atomic E-state index is 0.752. The smallest absolute Gasteiger partial charge is 0.122 e. The van der Waals surface area contributed by atoms with Gasteiger partial charge in [-0.3, -0.25) is 4.68 Å². The van der Waals surface area contributed by atoms with E-state index in [1.54, 1.807) is 7.11 Å². The largest absolute Gasteiger partial charge is 0.496 e. The van der Waals surface area contributed by atoms with E-state index in [1.165, 1.54) is 37.1 Å². The van der Waals surface area contributed by atoms with Crippen LogP contribution in [0.2, 0.25) is 0 Å². The normalized spacial score (nSPS) is 18.1. The molecule has 1 aliphatic rings. The number of likely N-dealkylation sites (tertiary alicyclic amines) is 1. The summed E-state index contributed by atoms with van der Waals surface area (Å²) >= 11 is 0. The van der Waals surface area contributed by atoms with E-state index in [0.29, 0.717) is 0 Å². The fourth-order valence-corrected chi connectivity index (χ4v) is 4.17. The van der Waals surface area contributed by atoms with Crippen LogP contribution in [0.15, 0.2) is 36.7 Å². The molecule has 1 saturated heterocycles. The number of hydrogen-bond acceptors (Lipinski definition) is 4. The van der Waals surface area contributed by atoms with Crippen molar-refractivity contribution >= 4 is 0 Å². The topological polar surface area (TPSA) is 33.5 Å². The van der Waals surface area contributed by atoms with Gasteiger partial charge < -0.3 is 14.5 Å². The van der Waals surface area contributed by atoms with Crippen molar-refractivity contribution in [3.63, 3.8) is 0 Å². The number of piperidine rings is 1. The second kappa shape index (κ2) is 9.90. The first-order valence-corrected chi connectivity index (χ1v) is 10.2. The molecular formula is C22H34N4O. The molecule has 3 rings (SSSR count). The zero-order valence-electron chi connectivity index (χ0n) is 17.1. The van der Waals surface area contributed by atoms with Gasteiger partial charge in [0, 0.05) is 44.5 Å². The van der Waals surface area contributed by atoms with Crippen LogP contribution >= 0.6 is 0 Å². The Morgan fingerprint density at radius 2 is 2.15 bits per heavy atom. The van der Waals surface area contributed by atoms with Gasteiger partial charge in [-0.2, -0.15) is 5.10 Å². The molecule has 1 aromatic carbocycles. The average molecular weight is 371 g/mol. The molecule has 0 amide bonds. The zero-order chi connectivity index (χ0) is 19.1. The van der Waals surface area contributed by atoms with Crippen molar-refractivity contribution in [2.24, 2.45) is 5.92 Å². The number of benzene rings is 1. The van der Waals surface area contributed by atoms with E-state index in [4.69, 9.17) is 4.74 Å². The zero-order valence-corrected chi connectivity index (χ0v) is 17.1. The Morgan fingerprint density at radius 3 is 2.93 bits per heavy atom. The average Bonchev–Trinajstić information content (AvgIpc) is 3.14. The van der Waals surface area contributed by atoms with Gasteiger partial charge in [0.15, 0.2) is 0 Å². The molecule has 0 aliphatic carbocycles. The van der Waals surface area contributed by atoms with E-state index in [9.17, 15) is 0 Å². The summed E-state index contributed by atoms with van der Waals surface area (Å²) in [6, 6.07) is 8.39. The highest BCUT2D eigenvalue weighted by molar-refractivity contribution is 5.33. The summed E-state index contributed by atoms with van der Waals surface area (Å²) in [5.41, 5.74) is 2.62. The van der Waals surface area contributed by atoms with Gasteiger partial charge in [0.2, 0.25) is 0 Å². The first-order chi connectivity index (χ1) is 13.2. The fraction of sp³-hybridized carbons (Fsp3) is 0.591. The van der Waals surface area contributed by atoms with Crippen LogP contribution in [0.1, 0.15) is 30.9 Å². The van der Waals surface area contributed by atoms with Gasteiger partial charge in [-0.15, -0.1) is 0 Å². The lowest BCUT2D eigenvalue weighted by Crippen LogP contribution is -2.40. The van der Waals surface area contributed by atoms with Crippen molar-refractivity contribution in [1.29, 1.82) is 0 Å². The molecule has 0 saturated carbocycles. The van der Waals surface area contributed by atoms with Crippen LogP contribution in [0.4, 0.5) is 0 Å². The predicted octanol–water partition coefficient (Wildman–Crippen LogP) is 3.30. The molecule has 1 fully saturated rings. The van der Waals surface area contributed by atoms with Gasteiger partial charge >= 0.3 is 0 Å². The van der Waals surface area contributed by atoms with Gasteiger partial charge in [0.1, 0.15) is 5.75 Å². The number of rotatable bonds is 9. The summed E-state index contributed by atoms with van der Waals surface area (Å²) in [5, 5.41) is 4.39. The van der Waals surface area contributed by atoms with Gasteiger partial charge in [-0.05, 0) is 57.3 Å². The maximum absolute atomic E-state index is 5.49. The molecule has 1 aliphatic heterocycles. The summed E-state index contributed by atoms with van der Waals surface area (Å²) in [5.74, 6) is 1.76. The number of hydrogen-bond donors (Lipinski definition) is 0. The molecule has 5 heteroatoms. The summed E-state index contributed by atoms with van der Waals surface area (Å²) in [4.78, 5) is 5.08. The van der Waals surface area contributed by atoms with Crippen molar-refractivity contribution in [1.82, 2.24) is 19.6 Å². The van der Waals surface area contributed by atoms with Crippen LogP contribution in [0.3, 0.4) is 0 Å². The Labute approximate surface area is 163 Å². The molecule has 27 heavy (non-hydrogen) atoms. The molecule has 2 heterocycles. The molecule has 0 radical (unpaired) electrons. The molecule has 148 valence electrons. The van der Waals surface area contributed by atoms with E-state index >= 15 is 0 Å². The van der Waals surface area contributed by atoms with E-state index < -0.39 is 0 Å². The first-order valence-electron chi connectivity index (χ1n) is 10.2. The molecule has 0 spiro atoms. The maximum Gasteiger partial charge on any atom is 0.122 e. The molecule has 5 nitrogen and oxygen atoms in total. The monoisotopic (exact) mass is 370 g/mol. The molecule has 0 unspecified atom stereocenters. The van der Waals surface area contributed by atoms with E-state index in [0.717, 1.165) is 44.3 Å². The second-order valence-corrected chi connectivity index (χ2v) is 7.77. The number of methoxy groups -OCH3 is 1. The van der Waals surface area contributed by atoms with Crippen molar-refractivity contribution in [2.75, 3.05) is 40.3 Å². The van der Waals surface area contributed by atoms with Crippen LogP contribution in [0, 0.1) is 5.92 Å². The van der Waals surface area contributed by atoms with E-state index in [2.05, 4.69) is 53.3 Å². The van der Waals surface area contributed by atoms with Crippen LogP contribution in [-0.4, -0.2) is 59.9 Å². The Kier molecular flexibility index (Phi) is 7.30. The number of nitrogens with zero attached hydrogens (tertiary/aromatic N) is 4. The standard InChI is InChI=1S/C22H34N4O/c1-4-26-18-20(14-23-26)16-24(2)15-19-8-7-12-25(17-19)13-11-21-9-5-6-10-22(21)27-3/h5-6,9-10,14,18-19H,4,7-8,11-13,15-17H2,1-3H3/t19-/m1/s1. The molecule has 1 aromatic heterocycles. The Bertz CT molecular complexity index is 699. The van der Waals surface area contributed by atoms with Crippen molar-refractivity contribution in [3.8, 4) is 5.75 Å². The van der Waals surface area contributed by atoms with Crippen molar-refractivity contribution < 1.29 is 4.74 Å². The van der Waals surface area contributed by atoms with Gasteiger partial charge in [-0.25, -0.2) is 0 Å². The molecule has 2 aromatic rings. The lowest BCUT2D eigenvalue weighted by atomic mass is 9.97. The molecule has 1 atom stereocenters. The summed E-state index contributed by atoms with van der Waals surface area (Å²) < 4.78 is 7.50. The van der Waals surface area contributed by atoms with Crippen LogP contribution < -0.4 is 4.74 Å². The number of para-hydroxylation sites is 1. The van der Waals surface area contributed by atoms with Gasteiger partial charge in [0.25, 0.3) is 0 Å². The number of aryl methyl sites for hydroxylation is 1. The first kappa shape index (κ1) is 19.9. The van der Waals surface area contributed by atoms with Crippen LogP contribution in [0.25, 0.3) is 0 Å².